The van der Waals surface area contributed by atoms with Crippen molar-refractivity contribution in [3.05, 3.63) is 35.4 Å². The van der Waals surface area contributed by atoms with Crippen molar-refractivity contribution in [1.29, 1.82) is 0 Å². The van der Waals surface area contributed by atoms with Crippen LogP contribution in [0, 0.1) is 5.92 Å². The highest BCUT2D eigenvalue weighted by Gasteiger charge is 2.30. The monoisotopic (exact) mass is 264 g/mol. The molecule has 1 fully saturated rings. The Labute approximate surface area is 113 Å². The van der Waals surface area contributed by atoms with E-state index in [1.165, 1.54) is 0 Å². The van der Waals surface area contributed by atoms with Crippen LogP contribution in [0.2, 0.25) is 0 Å². The minimum Gasteiger partial charge on any atom is -0.497 e. The largest absolute Gasteiger partial charge is 0.497 e. The number of benzene rings is 1. The van der Waals surface area contributed by atoms with Gasteiger partial charge < -0.3 is 4.74 Å². The van der Waals surface area contributed by atoms with Gasteiger partial charge in [0, 0.05) is 0 Å². The summed E-state index contributed by atoms with van der Waals surface area (Å²) in [5.74, 6) is 1.13. The molecule has 0 heterocycles. The highest BCUT2D eigenvalue weighted by Crippen LogP contribution is 2.30. The van der Waals surface area contributed by atoms with Gasteiger partial charge in [0.2, 0.25) is 0 Å². The van der Waals surface area contributed by atoms with E-state index in [9.17, 15) is 4.79 Å². The Morgan fingerprint density at radius 2 is 2.22 bits per heavy atom. The summed E-state index contributed by atoms with van der Waals surface area (Å²) in [6, 6.07) is 7.68. The van der Waals surface area contributed by atoms with Crippen molar-refractivity contribution in [2.24, 2.45) is 5.92 Å². The number of carbonyl (C=O) groups is 1. The number of hydrogen-bond donors (Lipinski definition) is 0. The van der Waals surface area contributed by atoms with Gasteiger partial charge in [-0.15, -0.1) is 11.6 Å². The Hall–Kier alpha value is -1.28. The number of halogens is 1. The fraction of sp³-hybridized carbons (Fsp3) is 0.400. The lowest BCUT2D eigenvalue weighted by molar-refractivity contribution is -0.116. The lowest BCUT2D eigenvalue weighted by Gasteiger charge is -2.24. The molecule has 2 nitrogen and oxygen atoms in total. The molecule has 0 amide bonds. The predicted octanol–water partition coefficient (Wildman–Crippen LogP) is 3.69. The Balaban J connectivity index is 2.24. The van der Waals surface area contributed by atoms with Gasteiger partial charge in [-0.3, -0.25) is 4.79 Å². The number of alkyl halides is 1. The van der Waals surface area contributed by atoms with Crippen LogP contribution in [0.5, 0.6) is 5.75 Å². The van der Waals surface area contributed by atoms with Crippen LogP contribution in [0.3, 0.4) is 0 Å². The summed E-state index contributed by atoms with van der Waals surface area (Å²) in [6.07, 6.45) is 3.70. The summed E-state index contributed by atoms with van der Waals surface area (Å²) >= 11 is 6.12. The van der Waals surface area contributed by atoms with Gasteiger partial charge in [0.05, 0.1) is 12.5 Å². The van der Waals surface area contributed by atoms with E-state index in [1.54, 1.807) is 7.11 Å². The molecule has 96 valence electrons. The molecule has 2 unspecified atom stereocenters. The first kappa shape index (κ1) is 13.2. The van der Waals surface area contributed by atoms with E-state index in [2.05, 4.69) is 0 Å². The van der Waals surface area contributed by atoms with Gasteiger partial charge >= 0.3 is 0 Å². The van der Waals surface area contributed by atoms with Gasteiger partial charge in [-0.05, 0) is 48.1 Å². The van der Waals surface area contributed by atoms with E-state index in [4.69, 9.17) is 16.3 Å². The molecule has 0 radical (unpaired) electrons. The number of allylic oxidation sites excluding steroid dienone is 1. The summed E-state index contributed by atoms with van der Waals surface area (Å²) in [6.45, 7) is 2.03. The first-order chi connectivity index (χ1) is 8.61. The SMILES string of the molecule is COc1cccc(C=C2CCC(C)C(Cl)C2=O)c1. The summed E-state index contributed by atoms with van der Waals surface area (Å²) in [5, 5.41) is -0.379. The fourth-order valence-electron chi connectivity index (χ4n) is 2.16. The van der Waals surface area contributed by atoms with E-state index in [0.717, 1.165) is 29.7 Å². The minimum atomic E-state index is -0.379. The second kappa shape index (κ2) is 5.57. The molecule has 1 aromatic carbocycles. The van der Waals surface area contributed by atoms with Crippen LogP contribution in [0.15, 0.2) is 29.8 Å². The Morgan fingerprint density at radius 3 is 2.94 bits per heavy atom. The maximum Gasteiger partial charge on any atom is 0.176 e. The predicted molar refractivity (Wildman–Crippen MR) is 74.0 cm³/mol. The van der Waals surface area contributed by atoms with Crippen LogP contribution < -0.4 is 4.74 Å². The molecule has 0 bridgehead atoms. The standard InChI is InChI=1S/C15H17ClO2/c1-10-6-7-12(15(17)14(10)16)8-11-4-3-5-13(9-11)18-2/h3-5,8-10,14H,6-7H2,1-2H3. The topological polar surface area (TPSA) is 26.3 Å². The van der Waals surface area contributed by atoms with E-state index >= 15 is 0 Å². The Morgan fingerprint density at radius 1 is 1.44 bits per heavy atom. The molecule has 1 aromatic rings. The van der Waals surface area contributed by atoms with Crippen LogP contribution in [0.1, 0.15) is 25.3 Å². The zero-order valence-corrected chi connectivity index (χ0v) is 11.4. The average molecular weight is 265 g/mol. The molecule has 2 rings (SSSR count). The Kier molecular flexibility index (Phi) is 4.07. The quantitative estimate of drug-likeness (QED) is 0.602. The van der Waals surface area contributed by atoms with E-state index in [1.807, 2.05) is 37.3 Å². The van der Waals surface area contributed by atoms with E-state index in [-0.39, 0.29) is 17.1 Å². The van der Waals surface area contributed by atoms with Crippen molar-refractivity contribution in [3.63, 3.8) is 0 Å². The van der Waals surface area contributed by atoms with Crippen molar-refractivity contribution in [2.45, 2.75) is 25.1 Å². The summed E-state index contributed by atoms with van der Waals surface area (Å²) in [4.78, 5) is 12.1. The lowest BCUT2D eigenvalue weighted by atomic mass is 9.85. The van der Waals surface area contributed by atoms with Gasteiger partial charge in [-0.1, -0.05) is 19.1 Å². The number of Topliss-reactive ketones (excluding diaryl/α,β-unsaturated/α-hetero) is 1. The van der Waals surface area contributed by atoms with Crippen molar-refractivity contribution in [3.8, 4) is 5.75 Å². The first-order valence-corrected chi connectivity index (χ1v) is 6.58. The maximum atomic E-state index is 12.1. The minimum absolute atomic E-state index is 0.0678. The number of methoxy groups -OCH3 is 1. The summed E-state index contributed by atoms with van der Waals surface area (Å²) in [5.41, 5.74) is 1.80. The molecule has 0 aliphatic heterocycles. The van der Waals surface area contributed by atoms with Gasteiger partial charge in [0.15, 0.2) is 5.78 Å². The van der Waals surface area contributed by atoms with Crippen LogP contribution in [-0.2, 0) is 4.79 Å². The normalized spacial score (nSPS) is 26.4. The van der Waals surface area contributed by atoms with Gasteiger partial charge in [0.1, 0.15) is 5.75 Å². The van der Waals surface area contributed by atoms with Crippen LogP contribution >= 0.6 is 11.6 Å². The lowest BCUT2D eigenvalue weighted by Crippen LogP contribution is -2.29. The van der Waals surface area contributed by atoms with Gasteiger partial charge in [-0.2, -0.15) is 0 Å². The molecule has 1 aliphatic carbocycles. The molecule has 1 saturated carbocycles. The molecule has 0 N–H and O–H groups in total. The van der Waals surface area contributed by atoms with Crippen LogP contribution in [0.4, 0.5) is 0 Å². The Bertz CT molecular complexity index is 479. The molecule has 0 saturated heterocycles. The van der Waals surface area contributed by atoms with Crippen molar-refractivity contribution >= 4 is 23.5 Å². The van der Waals surface area contributed by atoms with E-state index < -0.39 is 0 Å². The third-order valence-corrected chi connectivity index (χ3v) is 4.00. The molecular weight excluding hydrogens is 248 g/mol. The molecule has 0 aromatic heterocycles. The van der Waals surface area contributed by atoms with Crippen molar-refractivity contribution in [2.75, 3.05) is 7.11 Å². The number of ketones is 1. The number of hydrogen-bond acceptors (Lipinski definition) is 2. The summed E-state index contributed by atoms with van der Waals surface area (Å²) in [7, 11) is 1.63. The van der Waals surface area contributed by atoms with E-state index in [0.29, 0.717) is 0 Å². The molecule has 18 heavy (non-hydrogen) atoms. The number of rotatable bonds is 2. The molecule has 0 spiro atoms. The molecular formula is C15H17ClO2. The zero-order chi connectivity index (χ0) is 13.1. The number of carbonyl (C=O) groups excluding carboxylic acids is 1. The van der Waals surface area contributed by atoms with Gasteiger partial charge in [0.25, 0.3) is 0 Å². The van der Waals surface area contributed by atoms with Crippen molar-refractivity contribution < 1.29 is 9.53 Å². The fourth-order valence-corrected chi connectivity index (χ4v) is 2.43. The molecule has 2 atom stereocenters. The summed E-state index contributed by atoms with van der Waals surface area (Å²) < 4.78 is 5.17. The first-order valence-electron chi connectivity index (χ1n) is 6.14. The number of ether oxygens (including phenoxy) is 1. The zero-order valence-electron chi connectivity index (χ0n) is 10.7. The van der Waals surface area contributed by atoms with Crippen LogP contribution in [0.25, 0.3) is 6.08 Å². The second-order valence-electron chi connectivity index (χ2n) is 4.73. The van der Waals surface area contributed by atoms with Gasteiger partial charge in [-0.25, -0.2) is 0 Å². The highest BCUT2D eigenvalue weighted by atomic mass is 35.5. The third-order valence-electron chi connectivity index (χ3n) is 3.37. The third kappa shape index (κ3) is 2.75. The molecule has 3 heteroatoms. The maximum absolute atomic E-state index is 12.1. The second-order valence-corrected chi connectivity index (χ2v) is 5.20. The smallest absolute Gasteiger partial charge is 0.176 e. The van der Waals surface area contributed by atoms with Crippen LogP contribution in [-0.4, -0.2) is 18.3 Å². The average Bonchev–Trinajstić information content (AvgIpc) is 2.40. The van der Waals surface area contributed by atoms with Crippen molar-refractivity contribution in [1.82, 2.24) is 0 Å². The molecule has 1 aliphatic rings. The highest BCUT2D eigenvalue weighted by molar-refractivity contribution is 6.34.